The maximum atomic E-state index is 13.3. The zero-order valence-corrected chi connectivity index (χ0v) is 11.4. The van der Waals surface area contributed by atoms with Crippen molar-refractivity contribution in [1.82, 2.24) is 9.78 Å². The molecule has 0 bridgehead atoms. The Morgan fingerprint density at radius 2 is 2.32 bits per heavy atom. The number of anilines is 1. The molecule has 1 atom stereocenters. The van der Waals surface area contributed by atoms with Gasteiger partial charge in [0.15, 0.2) is 0 Å². The van der Waals surface area contributed by atoms with Crippen molar-refractivity contribution in [3.05, 3.63) is 46.5 Å². The fourth-order valence-electron chi connectivity index (χ4n) is 2.65. The third-order valence-corrected chi connectivity index (χ3v) is 3.96. The molecule has 0 spiro atoms. The van der Waals surface area contributed by atoms with Crippen LogP contribution in [0.15, 0.2) is 24.4 Å². The molecule has 5 heteroatoms. The normalized spacial score (nSPS) is 18.2. The molecule has 100 valence electrons. The molecule has 1 aromatic carbocycles. The molecule has 1 unspecified atom stereocenters. The summed E-state index contributed by atoms with van der Waals surface area (Å²) >= 11 is 6.10. The van der Waals surface area contributed by atoms with Gasteiger partial charge in [0.1, 0.15) is 5.82 Å². The molecule has 0 radical (unpaired) electrons. The van der Waals surface area contributed by atoms with Gasteiger partial charge in [0.2, 0.25) is 0 Å². The van der Waals surface area contributed by atoms with E-state index in [-0.39, 0.29) is 11.9 Å². The van der Waals surface area contributed by atoms with Crippen LogP contribution in [0, 0.1) is 5.82 Å². The van der Waals surface area contributed by atoms with E-state index in [0.29, 0.717) is 10.7 Å². The lowest BCUT2D eigenvalue weighted by molar-refractivity contribution is 0.570. The molecular formula is C14H15ClFN3. The first kappa shape index (κ1) is 12.5. The minimum atomic E-state index is -0.283. The van der Waals surface area contributed by atoms with E-state index in [4.69, 9.17) is 11.6 Å². The molecule has 3 nitrogen and oxygen atoms in total. The molecule has 3 rings (SSSR count). The zero-order valence-electron chi connectivity index (χ0n) is 10.7. The van der Waals surface area contributed by atoms with Crippen molar-refractivity contribution >= 4 is 17.3 Å². The molecular weight excluding hydrogens is 265 g/mol. The van der Waals surface area contributed by atoms with E-state index in [1.807, 2.05) is 17.9 Å². The molecule has 1 aromatic heterocycles. The van der Waals surface area contributed by atoms with E-state index in [0.717, 1.165) is 19.3 Å². The first-order chi connectivity index (χ1) is 9.15. The highest BCUT2D eigenvalue weighted by Gasteiger charge is 2.23. The number of hydrogen-bond acceptors (Lipinski definition) is 2. The standard InChI is InChI=1S/C14H15ClFN3/c1-19-14-4-2-3-12(10(14)8-17-19)18-13-7-9(16)5-6-11(13)15/h5-8,12,18H,2-4H2,1H3. The van der Waals surface area contributed by atoms with Crippen LogP contribution >= 0.6 is 11.6 Å². The van der Waals surface area contributed by atoms with Crippen molar-refractivity contribution in [3.63, 3.8) is 0 Å². The highest BCUT2D eigenvalue weighted by molar-refractivity contribution is 6.33. The topological polar surface area (TPSA) is 29.9 Å². The first-order valence-corrected chi connectivity index (χ1v) is 6.75. The number of nitrogens with zero attached hydrogens (tertiary/aromatic N) is 2. The summed E-state index contributed by atoms with van der Waals surface area (Å²) in [6, 6.07) is 4.53. The SMILES string of the molecule is Cn1ncc2c1CCCC2Nc1cc(F)ccc1Cl. The van der Waals surface area contributed by atoms with Crippen LogP contribution in [0.25, 0.3) is 0 Å². The van der Waals surface area contributed by atoms with Gasteiger partial charge in [-0.25, -0.2) is 4.39 Å². The maximum Gasteiger partial charge on any atom is 0.125 e. The highest BCUT2D eigenvalue weighted by atomic mass is 35.5. The Morgan fingerprint density at radius 1 is 1.47 bits per heavy atom. The molecule has 0 saturated carbocycles. The average Bonchev–Trinajstić information content (AvgIpc) is 2.77. The van der Waals surface area contributed by atoms with Crippen LogP contribution in [0.4, 0.5) is 10.1 Å². The molecule has 0 amide bonds. The summed E-state index contributed by atoms with van der Waals surface area (Å²) in [7, 11) is 1.95. The van der Waals surface area contributed by atoms with Gasteiger partial charge in [-0.15, -0.1) is 0 Å². The number of halogens is 2. The molecule has 0 aliphatic heterocycles. The van der Waals surface area contributed by atoms with Crippen LogP contribution in [0.3, 0.4) is 0 Å². The smallest absolute Gasteiger partial charge is 0.125 e. The van der Waals surface area contributed by atoms with Gasteiger partial charge in [0.05, 0.1) is 22.9 Å². The quantitative estimate of drug-likeness (QED) is 0.908. The lowest BCUT2D eigenvalue weighted by atomic mass is 9.93. The monoisotopic (exact) mass is 279 g/mol. The lowest BCUT2D eigenvalue weighted by Crippen LogP contribution is -2.18. The van der Waals surface area contributed by atoms with Gasteiger partial charge in [0.25, 0.3) is 0 Å². The molecule has 1 heterocycles. The number of hydrogen-bond donors (Lipinski definition) is 1. The van der Waals surface area contributed by atoms with Crippen LogP contribution < -0.4 is 5.32 Å². The van der Waals surface area contributed by atoms with E-state index in [9.17, 15) is 4.39 Å². The summed E-state index contributed by atoms with van der Waals surface area (Å²) in [6.07, 6.45) is 5.03. The summed E-state index contributed by atoms with van der Waals surface area (Å²) in [5, 5.41) is 8.17. The third kappa shape index (κ3) is 2.32. The predicted molar refractivity (Wildman–Crippen MR) is 73.9 cm³/mol. The molecule has 2 aromatic rings. The Bertz CT molecular complexity index is 609. The average molecular weight is 280 g/mol. The van der Waals surface area contributed by atoms with Crippen molar-refractivity contribution in [2.45, 2.75) is 25.3 Å². The van der Waals surface area contributed by atoms with Crippen LogP contribution in [0.5, 0.6) is 0 Å². The number of benzene rings is 1. The molecule has 1 aliphatic rings. The Hall–Kier alpha value is -1.55. The molecule has 1 N–H and O–H groups in total. The van der Waals surface area contributed by atoms with Crippen LogP contribution in [-0.2, 0) is 13.5 Å². The predicted octanol–water partition coefficient (Wildman–Crippen LogP) is 3.70. The second kappa shape index (κ2) is 4.85. The van der Waals surface area contributed by atoms with Crippen molar-refractivity contribution in [3.8, 4) is 0 Å². The van der Waals surface area contributed by atoms with E-state index in [1.54, 1.807) is 6.07 Å². The second-order valence-corrected chi connectivity index (χ2v) is 5.29. The van der Waals surface area contributed by atoms with Gasteiger partial charge < -0.3 is 5.32 Å². The van der Waals surface area contributed by atoms with Gasteiger partial charge in [0, 0.05) is 18.3 Å². The Kier molecular flexibility index (Phi) is 3.19. The van der Waals surface area contributed by atoms with Crippen LogP contribution in [0.2, 0.25) is 5.02 Å². The van der Waals surface area contributed by atoms with Crippen molar-refractivity contribution in [2.75, 3.05) is 5.32 Å². The summed E-state index contributed by atoms with van der Waals surface area (Å²) in [6.45, 7) is 0. The fraction of sp³-hybridized carbons (Fsp3) is 0.357. The van der Waals surface area contributed by atoms with E-state index >= 15 is 0 Å². The number of fused-ring (bicyclic) bond motifs is 1. The van der Waals surface area contributed by atoms with Gasteiger partial charge >= 0.3 is 0 Å². The fourth-order valence-corrected chi connectivity index (χ4v) is 2.82. The summed E-state index contributed by atoms with van der Waals surface area (Å²) < 4.78 is 15.2. The molecule has 0 fully saturated rings. The third-order valence-electron chi connectivity index (χ3n) is 3.63. The summed E-state index contributed by atoms with van der Waals surface area (Å²) in [5.41, 5.74) is 3.08. The van der Waals surface area contributed by atoms with E-state index in [1.165, 1.54) is 23.4 Å². The van der Waals surface area contributed by atoms with E-state index in [2.05, 4.69) is 10.4 Å². The molecule has 19 heavy (non-hydrogen) atoms. The number of nitrogens with one attached hydrogen (secondary N) is 1. The number of aromatic nitrogens is 2. The van der Waals surface area contributed by atoms with Crippen LogP contribution in [-0.4, -0.2) is 9.78 Å². The summed E-state index contributed by atoms with van der Waals surface area (Å²) in [5.74, 6) is -0.283. The van der Waals surface area contributed by atoms with Gasteiger partial charge in [-0.2, -0.15) is 5.10 Å². The zero-order chi connectivity index (χ0) is 13.4. The van der Waals surface area contributed by atoms with Crippen molar-refractivity contribution in [2.24, 2.45) is 7.05 Å². The van der Waals surface area contributed by atoms with E-state index < -0.39 is 0 Å². The van der Waals surface area contributed by atoms with Gasteiger partial charge in [-0.05, 0) is 37.5 Å². The van der Waals surface area contributed by atoms with Crippen molar-refractivity contribution in [1.29, 1.82) is 0 Å². The number of rotatable bonds is 2. The minimum absolute atomic E-state index is 0.150. The molecule has 0 saturated heterocycles. The summed E-state index contributed by atoms with van der Waals surface area (Å²) in [4.78, 5) is 0. The Morgan fingerprint density at radius 3 is 3.16 bits per heavy atom. The first-order valence-electron chi connectivity index (χ1n) is 6.37. The maximum absolute atomic E-state index is 13.3. The number of aryl methyl sites for hydroxylation is 1. The van der Waals surface area contributed by atoms with Crippen LogP contribution in [0.1, 0.15) is 30.1 Å². The van der Waals surface area contributed by atoms with Gasteiger partial charge in [-0.3, -0.25) is 4.68 Å². The lowest BCUT2D eigenvalue weighted by Gasteiger charge is -2.25. The Balaban J connectivity index is 1.90. The Labute approximate surface area is 116 Å². The van der Waals surface area contributed by atoms with Gasteiger partial charge in [-0.1, -0.05) is 11.6 Å². The molecule has 1 aliphatic carbocycles. The highest BCUT2D eigenvalue weighted by Crippen LogP contribution is 2.34. The second-order valence-electron chi connectivity index (χ2n) is 4.88. The van der Waals surface area contributed by atoms with Crippen molar-refractivity contribution < 1.29 is 4.39 Å². The largest absolute Gasteiger partial charge is 0.377 e. The minimum Gasteiger partial charge on any atom is -0.377 e.